The predicted octanol–water partition coefficient (Wildman–Crippen LogP) is 2.99. The van der Waals surface area contributed by atoms with E-state index >= 15 is 0 Å². The number of hydrogen-bond acceptors (Lipinski definition) is 4. The van der Waals surface area contributed by atoms with Gasteiger partial charge in [-0.1, -0.05) is 6.92 Å². The molecule has 0 spiro atoms. The molecule has 4 fully saturated rings. The molecule has 0 aromatic carbocycles. The molecule has 1 aromatic rings. The molecule has 5 rings (SSSR count). The van der Waals surface area contributed by atoms with E-state index < -0.39 is 0 Å². The quantitative estimate of drug-likeness (QED) is 0.839. The van der Waals surface area contributed by atoms with Gasteiger partial charge in [0.2, 0.25) is 17.5 Å². The molecule has 4 aliphatic carbocycles. The van der Waals surface area contributed by atoms with Crippen LogP contribution in [0.5, 0.6) is 0 Å². The van der Waals surface area contributed by atoms with Crippen molar-refractivity contribution >= 4 is 5.88 Å². The van der Waals surface area contributed by atoms with Crippen LogP contribution >= 0.6 is 0 Å². The van der Waals surface area contributed by atoms with Gasteiger partial charge >= 0.3 is 0 Å². The Morgan fingerprint density at radius 2 is 2.00 bits per heavy atom. The van der Waals surface area contributed by atoms with Crippen molar-refractivity contribution in [3.8, 4) is 6.07 Å². The van der Waals surface area contributed by atoms with Crippen molar-refractivity contribution in [2.24, 2.45) is 17.3 Å². The highest BCUT2D eigenvalue weighted by Gasteiger charge is 2.58. The zero-order valence-electron chi connectivity index (χ0n) is 11.3. The number of nitrogens with two attached hydrogens (primary N) is 1. The van der Waals surface area contributed by atoms with Gasteiger partial charge < -0.3 is 10.2 Å². The minimum absolute atomic E-state index is 0.0576. The molecule has 4 heteroatoms. The van der Waals surface area contributed by atoms with E-state index in [9.17, 15) is 0 Å². The summed E-state index contributed by atoms with van der Waals surface area (Å²) in [6.07, 6.45) is 7.57. The highest BCUT2D eigenvalue weighted by atomic mass is 16.4. The maximum atomic E-state index is 9.01. The molecule has 4 bridgehead atoms. The van der Waals surface area contributed by atoms with Gasteiger partial charge in [0.05, 0.1) is 0 Å². The van der Waals surface area contributed by atoms with Crippen LogP contribution in [0.25, 0.3) is 0 Å². The molecule has 0 radical (unpaired) electrons. The topological polar surface area (TPSA) is 75.8 Å². The Labute approximate surface area is 113 Å². The van der Waals surface area contributed by atoms with Gasteiger partial charge in [-0.2, -0.15) is 10.2 Å². The molecule has 4 nitrogen and oxygen atoms in total. The van der Waals surface area contributed by atoms with Crippen molar-refractivity contribution in [3.05, 3.63) is 11.6 Å². The van der Waals surface area contributed by atoms with Crippen LogP contribution in [0.1, 0.15) is 57.0 Å². The lowest BCUT2D eigenvalue weighted by Gasteiger charge is -2.60. The van der Waals surface area contributed by atoms with Crippen LogP contribution in [0, 0.1) is 28.6 Å². The molecule has 0 saturated heterocycles. The number of hydrogen-bond donors (Lipinski definition) is 1. The highest BCUT2D eigenvalue weighted by Crippen LogP contribution is 2.65. The number of nitriles is 1. The Hall–Kier alpha value is -1.50. The van der Waals surface area contributed by atoms with Crippen molar-refractivity contribution in [1.29, 1.82) is 5.26 Å². The summed E-state index contributed by atoms with van der Waals surface area (Å²) in [7, 11) is 0. The SMILES string of the molecule is CC12CC3CC(C1)CC(c1nc(C#N)c(N)o1)(C3)C2. The van der Waals surface area contributed by atoms with Crippen molar-refractivity contribution < 1.29 is 4.42 Å². The summed E-state index contributed by atoms with van der Waals surface area (Å²) >= 11 is 0. The average Bonchev–Trinajstić information content (AvgIpc) is 2.68. The first-order valence-corrected chi connectivity index (χ1v) is 7.19. The van der Waals surface area contributed by atoms with Gasteiger partial charge in [-0.25, -0.2) is 0 Å². The number of nitrogens with zero attached hydrogens (tertiary/aromatic N) is 2. The number of rotatable bonds is 1. The van der Waals surface area contributed by atoms with Crippen LogP contribution in [0.2, 0.25) is 0 Å². The fraction of sp³-hybridized carbons (Fsp3) is 0.733. The van der Waals surface area contributed by atoms with Gasteiger partial charge in [0.15, 0.2) is 0 Å². The monoisotopic (exact) mass is 257 g/mol. The van der Waals surface area contributed by atoms with Gasteiger partial charge in [-0.15, -0.1) is 0 Å². The minimum Gasteiger partial charge on any atom is -0.423 e. The molecule has 4 saturated carbocycles. The fourth-order valence-corrected chi connectivity index (χ4v) is 5.61. The summed E-state index contributed by atoms with van der Waals surface area (Å²) < 4.78 is 5.68. The lowest BCUT2D eigenvalue weighted by atomic mass is 9.44. The highest BCUT2D eigenvalue weighted by molar-refractivity contribution is 5.41. The van der Waals surface area contributed by atoms with E-state index in [0.717, 1.165) is 24.1 Å². The molecule has 2 atom stereocenters. The van der Waals surface area contributed by atoms with Crippen molar-refractivity contribution in [2.75, 3.05) is 5.73 Å². The van der Waals surface area contributed by atoms with Crippen LogP contribution in [0.4, 0.5) is 5.88 Å². The first-order chi connectivity index (χ1) is 9.02. The van der Waals surface area contributed by atoms with Gasteiger partial charge in [-0.3, -0.25) is 0 Å². The van der Waals surface area contributed by atoms with Crippen LogP contribution < -0.4 is 5.73 Å². The Morgan fingerprint density at radius 1 is 1.32 bits per heavy atom. The molecule has 0 aliphatic heterocycles. The van der Waals surface area contributed by atoms with E-state index in [1.807, 2.05) is 6.07 Å². The smallest absolute Gasteiger partial charge is 0.229 e. The molecule has 4 aliphatic rings. The largest absolute Gasteiger partial charge is 0.423 e. The number of aromatic nitrogens is 1. The van der Waals surface area contributed by atoms with Crippen molar-refractivity contribution in [2.45, 2.75) is 50.9 Å². The number of oxazole rings is 1. The maximum absolute atomic E-state index is 9.01. The summed E-state index contributed by atoms with van der Waals surface area (Å²) in [4.78, 5) is 4.40. The normalized spacial score (nSPS) is 43.4. The van der Waals surface area contributed by atoms with Gasteiger partial charge in [-0.05, 0) is 55.8 Å². The van der Waals surface area contributed by atoms with Crippen LogP contribution in [0.15, 0.2) is 4.42 Å². The Bertz CT molecular complexity index is 569. The van der Waals surface area contributed by atoms with E-state index in [1.54, 1.807) is 0 Å². The third-order valence-electron chi connectivity index (χ3n) is 5.57. The first kappa shape index (κ1) is 11.3. The second kappa shape index (κ2) is 3.33. The Morgan fingerprint density at radius 3 is 2.53 bits per heavy atom. The Kier molecular flexibility index (Phi) is 1.99. The number of nitrogen functional groups attached to an aromatic ring is 1. The molecule has 2 N–H and O–H groups in total. The molecule has 19 heavy (non-hydrogen) atoms. The fourth-order valence-electron chi connectivity index (χ4n) is 5.61. The lowest BCUT2D eigenvalue weighted by Crippen LogP contribution is -2.53. The van der Waals surface area contributed by atoms with Gasteiger partial charge in [0.1, 0.15) is 6.07 Å². The van der Waals surface area contributed by atoms with Crippen LogP contribution in [0.3, 0.4) is 0 Å². The lowest BCUT2D eigenvalue weighted by molar-refractivity contribution is -0.0707. The van der Waals surface area contributed by atoms with Gasteiger partial charge in [0, 0.05) is 5.41 Å². The maximum Gasteiger partial charge on any atom is 0.229 e. The standard InChI is InChI=1S/C15H19N3O/c1-14-3-9-2-10(4-14)6-15(5-9,8-14)13-18-11(7-16)12(17)19-13/h9-10H,2-6,8,17H2,1H3. The molecule has 0 amide bonds. The Balaban J connectivity index is 1.79. The van der Waals surface area contributed by atoms with E-state index in [2.05, 4.69) is 11.9 Å². The van der Waals surface area contributed by atoms with E-state index in [1.165, 1.54) is 32.1 Å². The molecular weight excluding hydrogens is 238 g/mol. The first-order valence-electron chi connectivity index (χ1n) is 7.19. The van der Waals surface area contributed by atoms with Crippen LogP contribution in [-0.2, 0) is 5.41 Å². The van der Waals surface area contributed by atoms with Gasteiger partial charge in [0.25, 0.3) is 0 Å². The summed E-state index contributed by atoms with van der Waals surface area (Å²) in [6, 6.07) is 2.03. The molecule has 2 unspecified atom stereocenters. The van der Waals surface area contributed by atoms with E-state index in [-0.39, 0.29) is 17.0 Å². The van der Waals surface area contributed by atoms with Crippen LogP contribution in [-0.4, -0.2) is 4.98 Å². The molecule has 1 heterocycles. The third-order valence-corrected chi connectivity index (χ3v) is 5.57. The second-order valence-corrected chi connectivity index (χ2v) is 7.40. The van der Waals surface area contributed by atoms with Crippen molar-refractivity contribution in [1.82, 2.24) is 4.98 Å². The summed E-state index contributed by atoms with van der Waals surface area (Å²) in [6.45, 7) is 2.41. The number of anilines is 1. The van der Waals surface area contributed by atoms with Crippen molar-refractivity contribution in [3.63, 3.8) is 0 Å². The summed E-state index contributed by atoms with van der Waals surface area (Å²) in [5.41, 5.74) is 6.51. The summed E-state index contributed by atoms with van der Waals surface area (Å²) in [5, 5.41) is 9.01. The van der Waals surface area contributed by atoms with E-state index in [0.29, 0.717) is 5.41 Å². The average molecular weight is 257 g/mol. The predicted molar refractivity (Wildman–Crippen MR) is 70.1 cm³/mol. The third kappa shape index (κ3) is 1.47. The minimum atomic E-state index is 0.0576. The second-order valence-electron chi connectivity index (χ2n) is 7.40. The molecular formula is C15H19N3O. The zero-order chi connectivity index (χ0) is 13.3. The summed E-state index contributed by atoms with van der Waals surface area (Å²) in [5.74, 6) is 2.55. The molecule has 1 aromatic heterocycles. The zero-order valence-corrected chi connectivity index (χ0v) is 11.3. The molecule has 100 valence electrons. The van der Waals surface area contributed by atoms with E-state index in [4.69, 9.17) is 15.4 Å².